The molecule has 0 aromatic heterocycles. The van der Waals surface area contributed by atoms with Crippen molar-refractivity contribution in [2.45, 2.75) is 51.2 Å². The van der Waals surface area contributed by atoms with Crippen molar-refractivity contribution in [1.29, 1.82) is 0 Å². The van der Waals surface area contributed by atoms with Gasteiger partial charge in [0.1, 0.15) is 6.04 Å². The number of halogens is 1. The highest BCUT2D eigenvalue weighted by molar-refractivity contribution is 5.98. The highest BCUT2D eigenvalue weighted by atomic mass is 19.1. The van der Waals surface area contributed by atoms with E-state index in [0.29, 0.717) is 31.5 Å². The van der Waals surface area contributed by atoms with Gasteiger partial charge in [-0.15, -0.1) is 0 Å². The van der Waals surface area contributed by atoms with Crippen molar-refractivity contribution in [1.82, 2.24) is 10.4 Å². The molecule has 8 heteroatoms. The number of nitrogens with one attached hydrogen (secondary N) is 2. The number of carbonyl (C=O) groups is 3. The number of rotatable bonds is 9. The monoisotopic (exact) mass is 455 g/mol. The molecular formula is C25H30FN3O4. The number of amides is 3. The number of carbonyl (C=O) groups excluding carboxylic acids is 3. The number of likely N-dealkylation sites (tertiary alicyclic amines) is 1. The van der Waals surface area contributed by atoms with Crippen LogP contribution in [0.4, 0.5) is 10.1 Å². The maximum Gasteiger partial charge on any atom is 0.278 e. The molecule has 0 spiro atoms. The summed E-state index contributed by atoms with van der Waals surface area (Å²) < 4.78 is 14.6. The second-order valence-electron chi connectivity index (χ2n) is 8.25. The average Bonchev–Trinajstić information content (AvgIpc) is 3.34. The van der Waals surface area contributed by atoms with Gasteiger partial charge in [-0.25, -0.2) is 9.87 Å². The summed E-state index contributed by atoms with van der Waals surface area (Å²) in [5.41, 5.74) is 3.97. The summed E-state index contributed by atoms with van der Waals surface area (Å²) in [6.07, 6.45) is 0.331. The Morgan fingerprint density at radius 1 is 1.09 bits per heavy atom. The van der Waals surface area contributed by atoms with Gasteiger partial charge in [0.15, 0.2) is 6.17 Å². The van der Waals surface area contributed by atoms with Crippen molar-refractivity contribution >= 4 is 23.4 Å². The molecule has 1 saturated heterocycles. The van der Waals surface area contributed by atoms with E-state index in [1.54, 1.807) is 12.1 Å². The molecule has 176 valence electrons. The second kappa shape index (κ2) is 11.6. The first-order valence-corrected chi connectivity index (χ1v) is 11.3. The van der Waals surface area contributed by atoms with E-state index >= 15 is 0 Å². The Bertz CT molecular complexity index is 952. The molecule has 0 saturated carbocycles. The van der Waals surface area contributed by atoms with Crippen LogP contribution in [0.1, 0.15) is 39.0 Å². The molecule has 3 amide bonds. The number of alkyl halides is 1. The van der Waals surface area contributed by atoms with Gasteiger partial charge in [-0.05, 0) is 42.5 Å². The molecule has 0 radical (unpaired) electrons. The van der Waals surface area contributed by atoms with E-state index in [2.05, 4.69) is 5.32 Å². The summed E-state index contributed by atoms with van der Waals surface area (Å²) in [4.78, 5) is 39.1. The molecule has 1 aliphatic heterocycles. The minimum absolute atomic E-state index is 0.162. The quantitative estimate of drug-likeness (QED) is 0.394. The molecule has 0 aliphatic carbocycles. The first-order valence-electron chi connectivity index (χ1n) is 11.3. The smallest absolute Gasteiger partial charge is 0.278 e. The summed E-state index contributed by atoms with van der Waals surface area (Å²) in [6.45, 7) is 2.22. The Balaban J connectivity index is 1.69. The molecule has 3 atom stereocenters. The number of hydroxylamine groups is 1. The zero-order valence-corrected chi connectivity index (χ0v) is 18.7. The van der Waals surface area contributed by atoms with E-state index in [1.807, 2.05) is 49.4 Å². The summed E-state index contributed by atoms with van der Waals surface area (Å²) in [5.74, 6) is -3.40. The molecule has 33 heavy (non-hydrogen) atoms. The highest BCUT2D eigenvalue weighted by Gasteiger charge is 2.41. The molecule has 1 heterocycles. The van der Waals surface area contributed by atoms with E-state index < -0.39 is 29.9 Å². The Kier molecular flexibility index (Phi) is 8.54. The molecule has 1 fully saturated rings. The number of nitrogens with zero attached hydrogens (tertiary/aromatic N) is 1. The van der Waals surface area contributed by atoms with Crippen molar-refractivity contribution in [2.24, 2.45) is 5.92 Å². The molecule has 1 aliphatic rings. The number of anilines is 1. The van der Waals surface area contributed by atoms with E-state index in [0.717, 1.165) is 17.5 Å². The third kappa shape index (κ3) is 5.96. The van der Waals surface area contributed by atoms with Crippen molar-refractivity contribution in [2.75, 3.05) is 11.9 Å². The topological polar surface area (TPSA) is 98.7 Å². The molecule has 7 nitrogen and oxygen atoms in total. The van der Waals surface area contributed by atoms with Crippen LogP contribution in [0, 0.1) is 5.92 Å². The van der Waals surface area contributed by atoms with Gasteiger partial charge in [-0.2, -0.15) is 0 Å². The normalized spacial score (nSPS) is 17.3. The van der Waals surface area contributed by atoms with E-state index in [9.17, 15) is 18.8 Å². The fraction of sp³-hybridized carbons (Fsp3) is 0.400. The Labute approximate surface area is 192 Å². The molecular weight excluding hydrogens is 425 g/mol. The van der Waals surface area contributed by atoms with Crippen LogP contribution in [0.5, 0.6) is 0 Å². The summed E-state index contributed by atoms with van der Waals surface area (Å²) in [5, 5.41) is 11.6. The van der Waals surface area contributed by atoms with Gasteiger partial charge < -0.3 is 10.2 Å². The molecule has 3 rings (SSSR count). The molecule has 2 aromatic carbocycles. The van der Waals surface area contributed by atoms with Crippen molar-refractivity contribution in [3.8, 4) is 11.1 Å². The van der Waals surface area contributed by atoms with Crippen LogP contribution in [0.25, 0.3) is 11.1 Å². The number of hydrogen-bond donors (Lipinski definition) is 3. The minimum Gasteiger partial charge on any atom is -0.330 e. The van der Waals surface area contributed by atoms with E-state index in [4.69, 9.17) is 5.21 Å². The van der Waals surface area contributed by atoms with Gasteiger partial charge in [-0.3, -0.25) is 19.6 Å². The third-order valence-corrected chi connectivity index (χ3v) is 6.00. The van der Waals surface area contributed by atoms with Crippen LogP contribution < -0.4 is 10.8 Å². The largest absolute Gasteiger partial charge is 0.330 e. The lowest BCUT2D eigenvalue weighted by atomic mass is 9.94. The van der Waals surface area contributed by atoms with Crippen molar-refractivity contribution in [3.05, 3.63) is 54.6 Å². The SMILES string of the molecule is CCCCC(C(=O)N1CCCC1C(=O)Nc1ccc(-c2ccccc2)cc1)C(F)C(=O)NO. The van der Waals surface area contributed by atoms with Gasteiger partial charge in [0.2, 0.25) is 11.8 Å². The summed E-state index contributed by atoms with van der Waals surface area (Å²) >= 11 is 0. The standard InChI is InChI=1S/C25H30FN3O4/c1-2-3-10-20(22(26)24(31)28-33)25(32)29-16-7-11-21(29)23(30)27-19-14-12-18(13-15-19)17-8-5-4-6-9-17/h4-6,8-9,12-15,20-22,33H,2-3,7,10-11,16H2,1H3,(H,27,30)(H,28,31). The number of benzene rings is 2. The van der Waals surface area contributed by atoms with E-state index in [1.165, 1.54) is 10.4 Å². The first kappa shape index (κ1) is 24.4. The predicted molar refractivity (Wildman–Crippen MR) is 123 cm³/mol. The second-order valence-corrected chi connectivity index (χ2v) is 8.25. The first-order chi connectivity index (χ1) is 16.0. The lowest BCUT2D eigenvalue weighted by molar-refractivity contribution is -0.148. The molecule has 3 unspecified atom stereocenters. The number of unbranched alkanes of at least 4 members (excludes halogenated alkanes) is 1. The fourth-order valence-electron chi connectivity index (χ4n) is 4.18. The van der Waals surface area contributed by atoms with Crippen LogP contribution in [0.3, 0.4) is 0 Å². The lowest BCUT2D eigenvalue weighted by Crippen LogP contribution is -2.49. The highest BCUT2D eigenvalue weighted by Crippen LogP contribution is 2.27. The molecule has 3 N–H and O–H groups in total. The molecule has 0 bridgehead atoms. The third-order valence-electron chi connectivity index (χ3n) is 6.00. The van der Waals surface area contributed by atoms with Crippen LogP contribution >= 0.6 is 0 Å². The van der Waals surface area contributed by atoms with Crippen LogP contribution in [-0.4, -0.2) is 46.6 Å². The predicted octanol–water partition coefficient (Wildman–Crippen LogP) is 3.93. The lowest BCUT2D eigenvalue weighted by Gasteiger charge is -2.29. The number of hydrogen-bond acceptors (Lipinski definition) is 4. The summed E-state index contributed by atoms with van der Waals surface area (Å²) in [6, 6.07) is 16.5. The summed E-state index contributed by atoms with van der Waals surface area (Å²) in [7, 11) is 0. The Morgan fingerprint density at radius 2 is 1.76 bits per heavy atom. The Morgan fingerprint density at radius 3 is 2.39 bits per heavy atom. The van der Waals surface area contributed by atoms with Crippen molar-refractivity contribution in [3.63, 3.8) is 0 Å². The van der Waals surface area contributed by atoms with Crippen LogP contribution in [-0.2, 0) is 14.4 Å². The van der Waals surface area contributed by atoms with Gasteiger partial charge in [0.05, 0.1) is 5.92 Å². The minimum atomic E-state index is -2.18. The van der Waals surface area contributed by atoms with Gasteiger partial charge in [0, 0.05) is 12.2 Å². The van der Waals surface area contributed by atoms with Gasteiger partial charge in [-0.1, -0.05) is 62.2 Å². The van der Waals surface area contributed by atoms with Gasteiger partial charge >= 0.3 is 0 Å². The fourth-order valence-corrected chi connectivity index (χ4v) is 4.18. The van der Waals surface area contributed by atoms with Crippen molar-refractivity contribution < 1.29 is 24.0 Å². The zero-order chi connectivity index (χ0) is 23.8. The van der Waals surface area contributed by atoms with Crippen LogP contribution in [0.15, 0.2) is 54.6 Å². The maximum atomic E-state index is 14.6. The van der Waals surface area contributed by atoms with Gasteiger partial charge in [0.25, 0.3) is 5.91 Å². The average molecular weight is 456 g/mol. The van der Waals surface area contributed by atoms with Crippen LogP contribution in [0.2, 0.25) is 0 Å². The Hall–Kier alpha value is -3.26. The van der Waals surface area contributed by atoms with E-state index in [-0.39, 0.29) is 12.3 Å². The maximum absolute atomic E-state index is 14.6. The molecule has 2 aromatic rings. The zero-order valence-electron chi connectivity index (χ0n) is 18.7.